The monoisotopic (exact) mass is 386 g/mol. The third-order valence-corrected chi connectivity index (χ3v) is 5.20. The molecule has 4 heterocycles. The zero-order valence-corrected chi connectivity index (χ0v) is 15.5. The lowest BCUT2D eigenvalue weighted by Crippen LogP contribution is -2.31. The second kappa shape index (κ2) is 7.36. The van der Waals surface area contributed by atoms with E-state index in [0.717, 1.165) is 24.3 Å². The maximum Gasteiger partial charge on any atom is 0.293 e. The molecule has 27 heavy (non-hydrogen) atoms. The Hall–Kier alpha value is -2.94. The Morgan fingerprint density at radius 3 is 3.07 bits per heavy atom. The van der Waals surface area contributed by atoms with Gasteiger partial charge in [0, 0.05) is 18.0 Å². The Morgan fingerprint density at radius 1 is 1.44 bits per heavy atom. The minimum absolute atomic E-state index is 0.0132. The van der Waals surface area contributed by atoms with Gasteiger partial charge in [-0.25, -0.2) is 4.98 Å². The lowest BCUT2D eigenvalue weighted by atomic mass is 10.1. The SMILES string of the molecule is Cc1cc(C2CCCN2C(=O)Cc2csc(NC(=O)c3ccco3)n2)on1. The van der Waals surface area contributed by atoms with Crippen LogP contribution in [0.3, 0.4) is 0 Å². The summed E-state index contributed by atoms with van der Waals surface area (Å²) in [6, 6.07) is 5.02. The van der Waals surface area contributed by atoms with E-state index in [1.807, 2.05) is 17.9 Å². The van der Waals surface area contributed by atoms with Crippen molar-refractivity contribution in [2.45, 2.75) is 32.2 Å². The van der Waals surface area contributed by atoms with Crippen molar-refractivity contribution in [2.75, 3.05) is 11.9 Å². The first kappa shape index (κ1) is 17.5. The Kier molecular flexibility index (Phi) is 4.76. The molecule has 1 aliphatic heterocycles. The fourth-order valence-electron chi connectivity index (χ4n) is 3.17. The molecule has 1 unspecified atom stereocenters. The standard InChI is InChI=1S/C18H18N4O4S/c1-11-8-15(26-21-11)13-4-2-6-22(13)16(23)9-12-10-27-18(19-12)20-17(24)14-5-3-7-25-14/h3,5,7-8,10,13H,2,4,6,9H2,1H3,(H,19,20,24). The van der Waals surface area contributed by atoms with Crippen molar-refractivity contribution in [3.05, 3.63) is 52.8 Å². The molecule has 0 aliphatic carbocycles. The second-order valence-corrected chi connectivity index (χ2v) is 7.23. The van der Waals surface area contributed by atoms with E-state index >= 15 is 0 Å². The summed E-state index contributed by atoms with van der Waals surface area (Å²) in [6.45, 7) is 2.55. The Bertz CT molecular complexity index is 946. The molecule has 0 aromatic carbocycles. The summed E-state index contributed by atoms with van der Waals surface area (Å²) in [5.41, 5.74) is 1.43. The van der Waals surface area contributed by atoms with Gasteiger partial charge in [-0.15, -0.1) is 11.3 Å². The van der Waals surface area contributed by atoms with E-state index in [9.17, 15) is 9.59 Å². The number of aryl methyl sites for hydroxylation is 1. The molecule has 3 aromatic heterocycles. The predicted molar refractivity (Wildman–Crippen MR) is 97.4 cm³/mol. The van der Waals surface area contributed by atoms with E-state index in [0.29, 0.717) is 17.4 Å². The average Bonchev–Trinajstić information content (AvgIpc) is 3.42. The van der Waals surface area contributed by atoms with E-state index in [1.54, 1.807) is 17.5 Å². The molecule has 1 saturated heterocycles. The summed E-state index contributed by atoms with van der Waals surface area (Å²) < 4.78 is 10.4. The van der Waals surface area contributed by atoms with E-state index in [4.69, 9.17) is 8.94 Å². The summed E-state index contributed by atoms with van der Waals surface area (Å²) in [4.78, 5) is 30.9. The first-order chi connectivity index (χ1) is 13.1. The largest absolute Gasteiger partial charge is 0.459 e. The molecule has 1 N–H and O–H groups in total. The summed E-state index contributed by atoms with van der Waals surface area (Å²) in [6.07, 6.45) is 3.40. The van der Waals surface area contributed by atoms with Crippen LogP contribution < -0.4 is 5.32 Å². The van der Waals surface area contributed by atoms with Crippen LogP contribution in [0.1, 0.15) is 46.6 Å². The van der Waals surface area contributed by atoms with Gasteiger partial charge in [0.2, 0.25) is 5.91 Å². The van der Waals surface area contributed by atoms with Crippen LogP contribution in [0.25, 0.3) is 0 Å². The van der Waals surface area contributed by atoms with Crippen LogP contribution in [-0.2, 0) is 11.2 Å². The predicted octanol–water partition coefficient (Wildman–Crippen LogP) is 3.19. The number of carbonyl (C=O) groups is 2. The number of thiazole rings is 1. The maximum atomic E-state index is 12.7. The Balaban J connectivity index is 1.39. The van der Waals surface area contributed by atoms with Crippen molar-refractivity contribution < 1.29 is 18.5 Å². The smallest absolute Gasteiger partial charge is 0.293 e. The first-order valence-electron chi connectivity index (χ1n) is 8.62. The van der Waals surface area contributed by atoms with Crippen LogP contribution in [0.2, 0.25) is 0 Å². The number of anilines is 1. The Morgan fingerprint density at radius 2 is 2.33 bits per heavy atom. The highest BCUT2D eigenvalue weighted by molar-refractivity contribution is 7.14. The van der Waals surface area contributed by atoms with Crippen molar-refractivity contribution in [1.29, 1.82) is 0 Å². The van der Waals surface area contributed by atoms with Crippen LogP contribution in [-0.4, -0.2) is 33.4 Å². The fraction of sp³-hybridized carbons (Fsp3) is 0.333. The summed E-state index contributed by atoms with van der Waals surface area (Å²) in [5, 5.41) is 8.80. The molecule has 0 radical (unpaired) electrons. The number of hydrogen-bond acceptors (Lipinski definition) is 7. The van der Waals surface area contributed by atoms with Gasteiger partial charge < -0.3 is 13.8 Å². The van der Waals surface area contributed by atoms with E-state index in [2.05, 4.69) is 15.5 Å². The number of rotatable bonds is 5. The number of likely N-dealkylation sites (tertiary alicyclic amines) is 1. The summed E-state index contributed by atoms with van der Waals surface area (Å²) in [5.74, 6) is 0.557. The number of hydrogen-bond donors (Lipinski definition) is 1. The number of nitrogens with zero attached hydrogens (tertiary/aromatic N) is 3. The molecule has 4 rings (SSSR count). The van der Waals surface area contributed by atoms with Gasteiger partial charge in [0.05, 0.1) is 30.1 Å². The van der Waals surface area contributed by atoms with Crippen LogP contribution in [0.5, 0.6) is 0 Å². The average molecular weight is 386 g/mol. The third kappa shape index (κ3) is 3.77. The molecule has 8 nitrogen and oxygen atoms in total. The number of aromatic nitrogens is 2. The highest BCUT2D eigenvalue weighted by Crippen LogP contribution is 2.32. The van der Waals surface area contributed by atoms with Gasteiger partial charge in [0.25, 0.3) is 5.91 Å². The van der Waals surface area contributed by atoms with Crippen molar-refractivity contribution >= 4 is 28.3 Å². The quantitative estimate of drug-likeness (QED) is 0.723. The minimum Gasteiger partial charge on any atom is -0.459 e. The van der Waals surface area contributed by atoms with Crippen LogP contribution in [0, 0.1) is 6.92 Å². The number of amides is 2. The van der Waals surface area contributed by atoms with Crippen molar-refractivity contribution in [3.8, 4) is 0 Å². The normalized spacial score (nSPS) is 16.6. The van der Waals surface area contributed by atoms with Crippen LogP contribution in [0.4, 0.5) is 5.13 Å². The summed E-state index contributed by atoms with van der Waals surface area (Å²) in [7, 11) is 0. The minimum atomic E-state index is -0.368. The van der Waals surface area contributed by atoms with Gasteiger partial charge in [-0.1, -0.05) is 5.16 Å². The molecule has 9 heteroatoms. The third-order valence-electron chi connectivity index (χ3n) is 4.40. The van der Waals surface area contributed by atoms with Gasteiger partial charge in [0.15, 0.2) is 16.7 Å². The Labute approximate surface area is 159 Å². The lowest BCUT2D eigenvalue weighted by Gasteiger charge is -2.22. The molecule has 0 saturated carbocycles. The molecule has 1 atom stereocenters. The van der Waals surface area contributed by atoms with Gasteiger partial charge in [-0.2, -0.15) is 0 Å². The molecule has 3 aromatic rings. The fourth-order valence-corrected chi connectivity index (χ4v) is 3.88. The maximum absolute atomic E-state index is 12.7. The van der Waals surface area contributed by atoms with Crippen LogP contribution >= 0.6 is 11.3 Å². The van der Waals surface area contributed by atoms with Crippen molar-refractivity contribution in [2.24, 2.45) is 0 Å². The number of furan rings is 1. The number of nitrogens with one attached hydrogen (secondary N) is 1. The molecule has 140 valence electrons. The highest BCUT2D eigenvalue weighted by Gasteiger charge is 2.32. The van der Waals surface area contributed by atoms with Gasteiger partial charge in [-0.3, -0.25) is 14.9 Å². The van der Waals surface area contributed by atoms with Gasteiger partial charge >= 0.3 is 0 Å². The van der Waals surface area contributed by atoms with Gasteiger partial charge in [0.1, 0.15) is 0 Å². The highest BCUT2D eigenvalue weighted by atomic mass is 32.1. The summed E-state index contributed by atoms with van der Waals surface area (Å²) >= 11 is 1.28. The lowest BCUT2D eigenvalue weighted by molar-refractivity contribution is -0.131. The molecule has 0 bridgehead atoms. The topological polar surface area (TPSA) is 101 Å². The van der Waals surface area contributed by atoms with Crippen LogP contribution in [0.15, 0.2) is 38.8 Å². The van der Waals surface area contributed by atoms with E-state index < -0.39 is 0 Å². The van der Waals surface area contributed by atoms with Gasteiger partial charge in [-0.05, 0) is 31.9 Å². The second-order valence-electron chi connectivity index (χ2n) is 6.37. The molecule has 1 aliphatic rings. The zero-order chi connectivity index (χ0) is 18.8. The van der Waals surface area contributed by atoms with E-state index in [-0.39, 0.29) is 30.0 Å². The molecule has 2 amide bonds. The van der Waals surface area contributed by atoms with Crippen molar-refractivity contribution in [3.63, 3.8) is 0 Å². The van der Waals surface area contributed by atoms with E-state index in [1.165, 1.54) is 17.6 Å². The van der Waals surface area contributed by atoms with Crippen molar-refractivity contribution in [1.82, 2.24) is 15.0 Å². The molecule has 0 spiro atoms. The molecular formula is C18H18N4O4S. The zero-order valence-electron chi connectivity index (χ0n) is 14.7. The number of carbonyl (C=O) groups excluding carboxylic acids is 2. The molecule has 1 fully saturated rings. The molecular weight excluding hydrogens is 368 g/mol. The first-order valence-corrected chi connectivity index (χ1v) is 9.50.